The molecule has 0 bridgehead atoms. The lowest BCUT2D eigenvalue weighted by Gasteiger charge is -2.34. The van der Waals surface area contributed by atoms with Gasteiger partial charge in [0, 0.05) is 44.3 Å². The van der Waals surface area contributed by atoms with Crippen molar-refractivity contribution in [2.45, 2.75) is 6.92 Å². The standard InChI is InChI=1S/C13H16N6O/c1-10-11(9-16-17-10)12(20)18-5-7-19(8-6-18)13-14-3-2-4-15-13/h2-4,9H,5-8H2,1H3,(H,16,17). The lowest BCUT2D eigenvalue weighted by atomic mass is 10.2. The molecule has 1 aliphatic rings. The van der Waals surface area contributed by atoms with Crippen LogP contribution in [0.1, 0.15) is 16.1 Å². The molecule has 20 heavy (non-hydrogen) atoms. The van der Waals surface area contributed by atoms with E-state index in [1.165, 1.54) is 0 Å². The quantitative estimate of drug-likeness (QED) is 0.860. The number of nitrogens with zero attached hydrogens (tertiary/aromatic N) is 5. The van der Waals surface area contributed by atoms with Crippen LogP contribution < -0.4 is 4.90 Å². The van der Waals surface area contributed by atoms with Crippen molar-refractivity contribution in [2.75, 3.05) is 31.1 Å². The highest BCUT2D eigenvalue weighted by atomic mass is 16.2. The molecule has 1 N–H and O–H groups in total. The minimum absolute atomic E-state index is 0.0323. The fourth-order valence-corrected chi connectivity index (χ4v) is 2.30. The van der Waals surface area contributed by atoms with Gasteiger partial charge in [-0.1, -0.05) is 0 Å². The Morgan fingerprint density at radius 3 is 2.50 bits per heavy atom. The van der Waals surface area contributed by atoms with Crippen LogP contribution in [0.4, 0.5) is 5.95 Å². The summed E-state index contributed by atoms with van der Waals surface area (Å²) >= 11 is 0. The number of aromatic nitrogens is 4. The van der Waals surface area contributed by atoms with Crippen molar-refractivity contribution in [1.82, 2.24) is 25.1 Å². The van der Waals surface area contributed by atoms with Crippen molar-refractivity contribution in [2.24, 2.45) is 0 Å². The Hall–Kier alpha value is -2.44. The molecule has 1 saturated heterocycles. The Labute approximate surface area is 116 Å². The average Bonchev–Trinajstić information content (AvgIpc) is 2.94. The van der Waals surface area contributed by atoms with E-state index in [0.717, 1.165) is 24.7 Å². The first-order valence-electron chi connectivity index (χ1n) is 6.57. The molecule has 0 atom stereocenters. The van der Waals surface area contributed by atoms with Crippen LogP contribution in [0.15, 0.2) is 24.7 Å². The van der Waals surface area contributed by atoms with Gasteiger partial charge in [-0.3, -0.25) is 9.89 Å². The monoisotopic (exact) mass is 272 g/mol. The van der Waals surface area contributed by atoms with E-state index in [0.29, 0.717) is 18.7 Å². The second-order valence-corrected chi connectivity index (χ2v) is 4.74. The van der Waals surface area contributed by atoms with Crippen molar-refractivity contribution in [3.05, 3.63) is 35.9 Å². The molecule has 2 aromatic heterocycles. The van der Waals surface area contributed by atoms with Gasteiger partial charge >= 0.3 is 0 Å². The number of H-pyrrole nitrogens is 1. The summed E-state index contributed by atoms with van der Waals surface area (Å²) in [6.07, 6.45) is 5.05. The van der Waals surface area contributed by atoms with Gasteiger partial charge in [0.1, 0.15) is 0 Å². The number of amides is 1. The number of rotatable bonds is 2. The van der Waals surface area contributed by atoms with E-state index >= 15 is 0 Å². The van der Waals surface area contributed by atoms with E-state index in [1.54, 1.807) is 24.7 Å². The summed E-state index contributed by atoms with van der Waals surface area (Å²) in [6.45, 7) is 4.68. The van der Waals surface area contributed by atoms with E-state index < -0.39 is 0 Å². The lowest BCUT2D eigenvalue weighted by molar-refractivity contribution is 0.0745. The molecule has 0 saturated carbocycles. The zero-order chi connectivity index (χ0) is 13.9. The van der Waals surface area contributed by atoms with E-state index in [9.17, 15) is 4.79 Å². The summed E-state index contributed by atoms with van der Waals surface area (Å²) in [5.74, 6) is 0.754. The Balaban J connectivity index is 1.64. The molecular formula is C13H16N6O. The summed E-state index contributed by atoms with van der Waals surface area (Å²) in [5, 5.41) is 6.69. The van der Waals surface area contributed by atoms with Crippen LogP contribution in [-0.4, -0.2) is 57.2 Å². The molecular weight excluding hydrogens is 256 g/mol. The van der Waals surface area contributed by atoms with Gasteiger partial charge in [0.25, 0.3) is 5.91 Å². The zero-order valence-corrected chi connectivity index (χ0v) is 11.3. The predicted molar refractivity (Wildman–Crippen MR) is 73.5 cm³/mol. The van der Waals surface area contributed by atoms with Crippen molar-refractivity contribution >= 4 is 11.9 Å². The van der Waals surface area contributed by atoms with Crippen LogP contribution in [0.2, 0.25) is 0 Å². The Morgan fingerprint density at radius 2 is 1.90 bits per heavy atom. The van der Waals surface area contributed by atoms with E-state index in [4.69, 9.17) is 0 Å². The van der Waals surface area contributed by atoms with Crippen molar-refractivity contribution in [3.63, 3.8) is 0 Å². The normalized spacial score (nSPS) is 15.4. The van der Waals surface area contributed by atoms with Crippen LogP contribution in [0.5, 0.6) is 0 Å². The molecule has 2 aromatic rings. The molecule has 0 spiro atoms. The van der Waals surface area contributed by atoms with Crippen molar-refractivity contribution in [1.29, 1.82) is 0 Å². The molecule has 1 fully saturated rings. The number of nitrogens with one attached hydrogen (secondary N) is 1. The summed E-state index contributed by atoms with van der Waals surface area (Å²) < 4.78 is 0. The highest BCUT2D eigenvalue weighted by Crippen LogP contribution is 2.13. The number of hydrogen-bond acceptors (Lipinski definition) is 5. The molecule has 3 rings (SSSR count). The maximum atomic E-state index is 12.3. The molecule has 0 unspecified atom stereocenters. The van der Waals surface area contributed by atoms with Gasteiger partial charge < -0.3 is 9.80 Å². The van der Waals surface area contributed by atoms with E-state index in [1.807, 2.05) is 11.8 Å². The highest BCUT2D eigenvalue weighted by molar-refractivity contribution is 5.95. The minimum Gasteiger partial charge on any atom is -0.337 e. The molecule has 3 heterocycles. The third kappa shape index (κ3) is 2.34. The van der Waals surface area contributed by atoms with Gasteiger partial charge in [0.05, 0.1) is 11.8 Å². The Kier molecular flexibility index (Phi) is 3.32. The fourth-order valence-electron chi connectivity index (χ4n) is 2.30. The second kappa shape index (κ2) is 5.28. The first-order chi connectivity index (χ1) is 9.75. The van der Waals surface area contributed by atoms with Gasteiger partial charge in [-0.05, 0) is 13.0 Å². The smallest absolute Gasteiger partial charge is 0.257 e. The first-order valence-corrected chi connectivity index (χ1v) is 6.57. The summed E-state index contributed by atoms with van der Waals surface area (Å²) in [5.41, 5.74) is 1.46. The van der Waals surface area contributed by atoms with Crippen LogP contribution in [0.25, 0.3) is 0 Å². The molecule has 0 aliphatic carbocycles. The minimum atomic E-state index is 0.0323. The lowest BCUT2D eigenvalue weighted by Crippen LogP contribution is -2.49. The fraction of sp³-hybridized carbons (Fsp3) is 0.385. The predicted octanol–water partition coefficient (Wildman–Crippen LogP) is 0.471. The second-order valence-electron chi connectivity index (χ2n) is 4.74. The maximum Gasteiger partial charge on any atom is 0.257 e. The molecule has 7 heteroatoms. The topological polar surface area (TPSA) is 78.0 Å². The average molecular weight is 272 g/mol. The molecule has 1 amide bonds. The largest absolute Gasteiger partial charge is 0.337 e. The van der Waals surface area contributed by atoms with Gasteiger partial charge in [-0.25, -0.2) is 9.97 Å². The van der Waals surface area contributed by atoms with Crippen LogP contribution in [-0.2, 0) is 0 Å². The van der Waals surface area contributed by atoms with Gasteiger partial charge in [0.2, 0.25) is 5.95 Å². The zero-order valence-electron chi connectivity index (χ0n) is 11.3. The number of anilines is 1. The number of aryl methyl sites for hydroxylation is 1. The molecule has 104 valence electrons. The van der Waals surface area contributed by atoms with E-state index in [-0.39, 0.29) is 5.91 Å². The van der Waals surface area contributed by atoms with Gasteiger partial charge in [-0.15, -0.1) is 0 Å². The van der Waals surface area contributed by atoms with Crippen LogP contribution >= 0.6 is 0 Å². The molecule has 7 nitrogen and oxygen atoms in total. The number of carbonyl (C=O) groups is 1. The molecule has 0 radical (unpaired) electrons. The Morgan fingerprint density at radius 1 is 1.20 bits per heavy atom. The van der Waals surface area contributed by atoms with Crippen LogP contribution in [0, 0.1) is 6.92 Å². The summed E-state index contributed by atoms with van der Waals surface area (Å²) in [4.78, 5) is 24.7. The van der Waals surface area contributed by atoms with Crippen molar-refractivity contribution in [3.8, 4) is 0 Å². The molecule has 1 aliphatic heterocycles. The van der Waals surface area contributed by atoms with E-state index in [2.05, 4.69) is 25.1 Å². The summed E-state index contributed by atoms with van der Waals surface area (Å²) in [7, 11) is 0. The third-order valence-electron chi connectivity index (χ3n) is 3.46. The number of carbonyl (C=O) groups excluding carboxylic acids is 1. The maximum absolute atomic E-state index is 12.3. The third-order valence-corrected chi connectivity index (χ3v) is 3.46. The molecule has 0 aromatic carbocycles. The van der Waals surface area contributed by atoms with Crippen LogP contribution in [0.3, 0.4) is 0 Å². The van der Waals surface area contributed by atoms with Gasteiger partial charge in [-0.2, -0.15) is 5.10 Å². The highest BCUT2D eigenvalue weighted by Gasteiger charge is 2.24. The number of piperazine rings is 1. The number of hydrogen-bond donors (Lipinski definition) is 1. The van der Waals surface area contributed by atoms with Gasteiger partial charge in [0.15, 0.2) is 0 Å². The SMILES string of the molecule is Cc1[nH]ncc1C(=O)N1CCN(c2ncccn2)CC1. The van der Waals surface area contributed by atoms with Crippen molar-refractivity contribution < 1.29 is 4.79 Å². The number of aromatic amines is 1. The first kappa shape index (κ1) is 12.6. The summed E-state index contributed by atoms with van der Waals surface area (Å²) in [6, 6.07) is 1.80. The Bertz CT molecular complexity index is 588.